The second kappa shape index (κ2) is 8.49. The van der Waals surface area contributed by atoms with Gasteiger partial charge in [-0.1, -0.05) is 13.8 Å². The molecule has 4 nitrogen and oxygen atoms in total. The van der Waals surface area contributed by atoms with Crippen molar-refractivity contribution in [2.45, 2.75) is 19.9 Å². The van der Waals surface area contributed by atoms with Gasteiger partial charge in [-0.15, -0.1) is 11.6 Å². The number of halogens is 1. The Labute approximate surface area is 76.7 Å². The van der Waals surface area contributed by atoms with Gasteiger partial charge in [-0.25, -0.2) is 0 Å². The van der Waals surface area contributed by atoms with Crippen LogP contribution in [0.3, 0.4) is 0 Å². The maximum Gasteiger partial charge on any atom is 0.320 e. The largest absolute Gasteiger partial charge is 0.480 e. The molecule has 1 atom stereocenters. The van der Waals surface area contributed by atoms with Crippen LogP contribution in [0.4, 0.5) is 0 Å². The van der Waals surface area contributed by atoms with Crippen molar-refractivity contribution in [1.29, 1.82) is 0 Å². The van der Waals surface area contributed by atoms with Crippen molar-refractivity contribution in [1.82, 2.24) is 0 Å². The molecule has 0 amide bonds. The molecule has 0 aliphatic carbocycles. The van der Waals surface area contributed by atoms with Gasteiger partial charge in [0, 0.05) is 0 Å². The fourth-order valence-corrected chi connectivity index (χ4v) is 0.285. The highest BCUT2D eigenvalue weighted by atomic mass is 35.5. The number of carbonyl (C=O) groups excluding carboxylic acids is 1. The van der Waals surface area contributed by atoms with Crippen molar-refractivity contribution in [3.05, 3.63) is 0 Å². The third-order valence-electron chi connectivity index (χ3n) is 1.07. The van der Waals surface area contributed by atoms with Crippen molar-refractivity contribution < 1.29 is 14.7 Å². The van der Waals surface area contributed by atoms with Gasteiger partial charge < -0.3 is 15.6 Å². The fourth-order valence-electron chi connectivity index (χ4n) is 0.285. The van der Waals surface area contributed by atoms with Gasteiger partial charge in [0.1, 0.15) is 12.3 Å². The van der Waals surface area contributed by atoms with E-state index in [1.165, 1.54) is 0 Å². The van der Waals surface area contributed by atoms with Crippen molar-refractivity contribution in [2.24, 2.45) is 11.7 Å². The summed E-state index contributed by atoms with van der Waals surface area (Å²) in [4.78, 5) is 19.1. The highest BCUT2D eigenvalue weighted by Gasteiger charge is 2.14. The number of hydrogen-bond donors (Lipinski definition) is 2. The molecule has 0 saturated heterocycles. The minimum Gasteiger partial charge on any atom is -0.480 e. The van der Waals surface area contributed by atoms with Crippen LogP contribution in [0, 0.1) is 5.92 Å². The second-order valence-corrected chi connectivity index (χ2v) is 2.74. The number of aldehydes is 1. The summed E-state index contributed by atoms with van der Waals surface area (Å²) in [5.74, 6) is -0.799. The Hall–Kier alpha value is -0.610. The molecule has 0 aromatic rings. The van der Waals surface area contributed by atoms with Gasteiger partial charge in [0.05, 0.1) is 5.88 Å². The van der Waals surface area contributed by atoms with E-state index in [0.717, 1.165) is 0 Å². The maximum atomic E-state index is 10.0. The standard InChI is InChI=1S/C5H11NO2.C2H3ClO/c1-3(2)4(6)5(7)8;3-1-2-4/h3-4H,6H2,1-2H3,(H,7,8);2H,1H2/t4-;/m0./s1. The van der Waals surface area contributed by atoms with E-state index in [-0.39, 0.29) is 11.8 Å². The van der Waals surface area contributed by atoms with E-state index in [1.807, 2.05) is 0 Å². The van der Waals surface area contributed by atoms with Crippen LogP contribution in [0.25, 0.3) is 0 Å². The highest BCUT2D eigenvalue weighted by Crippen LogP contribution is 1.96. The predicted molar refractivity (Wildman–Crippen MR) is 47.2 cm³/mol. The van der Waals surface area contributed by atoms with E-state index in [0.29, 0.717) is 6.29 Å². The molecule has 0 saturated carbocycles. The Morgan fingerprint density at radius 2 is 2.00 bits per heavy atom. The van der Waals surface area contributed by atoms with Crippen molar-refractivity contribution in [3.63, 3.8) is 0 Å². The lowest BCUT2D eigenvalue weighted by Gasteiger charge is -2.07. The van der Waals surface area contributed by atoms with E-state index in [1.54, 1.807) is 13.8 Å². The molecule has 0 spiro atoms. The SMILES string of the molecule is CC(C)[C@H](N)C(=O)O.O=CCCl. The zero-order chi connectivity index (χ0) is 10.1. The Morgan fingerprint density at radius 1 is 1.67 bits per heavy atom. The molecular weight excluding hydrogens is 182 g/mol. The number of rotatable bonds is 3. The average Bonchev–Trinajstić information content (AvgIpc) is 2.03. The summed E-state index contributed by atoms with van der Waals surface area (Å²) >= 11 is 4.82. The molecule has 12 heavy (non-hydrogen) atoms. The smallest absolute Gasteiger partial charge is 0.320 e. The topological polar surface area (TPSA) is 80.4 Å². The van der Waals surface area contributed by atoms with Crippen LogP contribution < -0.4 is 5.73 Å². The third kappa shape index (κ3) is 9.39. The quantitative estimate of drug-likeness (QED) is 0.507. The van der Waals surface area contributed by atoms with Gasteiger partial charge in [0.25, 0.3) is 0 Å². The van der Waals surface area contributed by atoms with Crippen molar-refractivity contribution in [2.75, 3.05) is 5.88 Å². The van der Waals surface area contributed by atoms with E-state index in [9.17, 15) is 4.79 Å². The minimum atomic E-state index is -0.931. The number of carbonyl (C=O) groups is 2. The summed E-state index contributed by atoms with van der Waals surface area (Å²) in [6.07, 6.45) is 0.640. The van der Waals surface area contributed by atoms with Gasteiger partial charge in [-0.05, 0) is 5.92 Å². The Morgan fingerprint density at radius 3 is 2.00 bits per heavy atom. The van der Waals surface area contributed by atoms with Crippen molar-refractivity contribution >= 4 is 23.9 Å². The van der Waals surface area contributed by atoms with Gasteiger partial charge in [-0.3, -0.25) is 4.79 Å². The monoisotopic (exact) mass is 195 g/mol. The molecule has 0 unspecified atom stereocenters. The maximum absolute atomic E-state index is 10.0. The van der Waals surface area contributed by atoms with E-state index in [4.69, 9.17) is 27.2 Å². The third-order valence-corrected chi connectivity index (χ3v) is 1.19. The van der Waals surface area contributed by atoms with E-state index in [2.05, 4.69) is 0 Å². The van der Waals surface area contributed by atoms with Gasteiger partial charge in [0.15, 0.2) is 0 Å². The first-order valence-electron chi connectivity index (χ1n) is 3.45. The first-order valence-corrected chi connectivity index (χ1v) is 3.98. The number of nitrogens with two attached hydrogens (primary N) is 1. The molecule has 0 aromatic carbocycles. The average molecular weight is 196 g/mol. The van der Waals surface area contributed by atoms with Gasteiger partial charge in [0.2, 0.25) is 0 Å². The Bertz CT molecular complexity index is 139. The minimum absolute atomic E-state index is 0.0208. The van der Waals surface area contributed by atoms with Crippen LogP contribution in [0.2, 0.25) is 0 Å². The summed E-state index contributed by atoms with van der Waals surface area (Å²) in [6, 6.07) is -0.713. The number of alkyl halides is 1. The van der Waals surface area contributed by atoms with Gasteiger partial charge >= 0.3 is 5.97 Å². The van der Waals surface area contributed by atoms with Crippen LogP contribution in [0.15, 0.2) is 0 Å². The molecule has 0 aromatic heterocycles. The predicted octanol–water partition coefficient (Wildman–Crippen LogP) is 0.478. The van der Waals surface area contributed by atoms with E-state index < -0.39 is 12.0 Å². The molecule has 0 aliphatic rings. The molecule has 3 N–H and O–H groups in total. The molecule has 0 rings (SSSR count). The second-order valence-electron chi connectivity index (χ2n) is 2.43. The molecule has 5 heteroatoms. The number of carboxylic acid groups (broad SMARTS) is 1. The lowest BCUT2D eigenvalue weighted by atomic mass is 10.1. The lowest BCUT2D eigenvalue weighted by molar-refractivity contribution is -0.139. The number of carboxylic acids is 1. The van der Waals surface area contributed by atoms with Crippen LogP contribution in [0.5, 0.6) is 0 Å². The summed E-state index contributed by atoms with van der Waals surface area (Å²) in [7, 11) is 0. The highest BCUT2D eigenvalue weighted by molar-refractivity contribution is 6.24. The molecular formula is C7H14ClNO3. The number of aliphatic carboxylic acids is 1. The molecule has 72 valence electrons. The summed E-state index contributed by atoms with van der Waals surface area (Å²) in [5, 5.41) is 8.23. The van der Waals surface area contributed by atoms with Crippen LogP contribution in [0.1, 0.15) is 13.8 Å². The van der Waals surface area contributed by atoms with Gasteiger partial charge in [-0.2, -0.15) is 0 Å². The zero-order valence-electron chi connectivity index (χ0n) is 7.16. The normalized spacial score (nSPS) is 11.4. The Balaban J connectivity index is 0. The van der Waals surface area contributed by atoms with Crippen LogP contribution in [-0.2, 0) is 9.59 Å². The lowest BCUT2D eigenvalue weighted by Crippen LogP contribution is -2.34. The Kier molecular flexibility index (Phi) is 9.86. The molecule has 0 aliphatic heterocycles. The first kappa shape index (κ1) is 13.9. The summed E-state index contributed by atoms with van der Waals surface area (Å²) in [5.41, 5.74) is 5.16. The van der Waals surface area contributed by atoms with E-state index >= 15 is 0 Å². The van der Waals surface area contributed by atoms with Crippen LogP contribution in [-0.4, -0.2) is 29.3 Å². The molecule has 0 fully saturated rings. The van der Waals surface area contributed by atoms with Crippen LogP contribution >= 0.6 is 11.6 Å². The zero-order valence-corrected chi connectivity index (χ0v) is 7.91. The summed E-state index contributed by atoms with van der Waals surface area (Å²) < 4.78 is 0. The molecule has 0 bridgehead atoms. The molecule has 0 radical (unpaired) electrons. The first-order chi connectivity index (χ1) is 5.47. The summed E-state index contributed by atoms with van der Waals surface area (Å²) in [6.45, 7) is 3.55. The fraction of sp³-hybridized carbons (Fsp3) is 0.714. The number of hydrogen-bond acceptors (Lipinski definition) is 3. The van der Waals surface area contributed by atoms with Crippen molar-refractivity contribution in [3.8, 4) is 0 Å². The molecule has 0 heterocycles.